The van der Waals surface area contributed by atoms with Gasteiger partial charge in [0.25, 0.3) is 0 Å². The molecule has 1 aliphatic heterocycles. The van der Waals surface area contributed by atoms with Crippen LogP contribution in [-0.4, -0.2) is 53.7 Å². The number of carbonyl (C=O) groups excluding carboxylic acids is 1. The summed E-state index contributed by atoms with van der Waals surface area (Å²) in [7, 11) is 0. The van der Waals surface area contributed by atoms with E-state index in [1.165, 1.54) is 5.69 Å². The lowest BCUT2D eigenvalue weighted by atomic mass is 10.1. The quantitative estimate of drug-likeness (QED) is 0.629. The highest BCUT2D eigenvalue weighted by atomic mass is 16.4. The minimum absolute atomic E-state index is 0.0631. The molecule has 1 fully saturated rings. The zero-order chi connectivity index (χ0) is 21.6. The second kappa shape index (κ2) is 9.75. The Hall–Kier alpha value is -3.19. The zero-order valence-electron chi connectivity index (χ0n) is 18.2. The van der Waals surface area contributed by atoms with E-state index in [0.29, 0.717) is 18.2 Å². The number of rotatable bonds is 7. The van der Waals surface area contributed by atoms with Crippen LogP contribution in [0.3, 0.4) is 0 Å². The van der Waals surface area contributed by atoms with E-state index < -0.39 is 0 Å². The lowest BCUT2D eigenvalue weighted by molar-refractivity contribution is -0.116. The highest BCUT2D eigenvalue weighted by molar-refractivity contribution is 5.91. The molecule has 1 aromatic heterocycles. The Labute approximate surface area is 183 Å². The minimum Gasteiger partial charge on any atom is -0.421 e. The van der Waals surface area contributed by atoms with E-state index in [1.807, 2.05) is 43.3 Å². The van der Waals surface area contributed by atoms with Crippen molar-refractivity contribution in [2.45, 2.75) is 26.7 Å². The molecule has 7 heteroatoms. The van der Waals surface area contributed by atoms with Crippen LogP contribution in [0.1, 0.15) is 24.8 Å². The first-order valence-corrected chi connectivity index (χ1v) is 10.9. The molecular weight excluding hydrogens is 390 g/mol. The Balaban J connectivity index is 1.30. The monoisotopic (exact) mass is 419 g/mol. The molecule has 1 saturated heterocycles. The number of likely N-dealkylation sites (N-methyl/N-ethyl adjacent to an activating group) is 1. The third kappa shape index (κ3) is 5.30. The topological polar surface area (TPSA) is 74.5 Å². The molecule has 7 nitrogen and oxygen atoms in total. The Morgan fingerprint density at radius 1 is 1.06 bits per heavy atom. The van der Waals surface area contributed by atoms with Crippen molar-refractivity contribution in [2.75, 3.05) is 42.9 Å². The van der Waals surface area contributed by atoms with Crippen LogP contribution in [0.25, 0.3) is 11.5 Å². The molecule has 162 valence electrons. The molecule has 1 N–H and O–H groups in total. The molecule has 0 saturated carbocycles. The smallest absolute Gasteiger partial charge is 0.247 e. The van der Waals surface area contributed by atoms with E-state index in [9.17, 15) is 4.79 Å². The molecule has 1 aliphatic rings. The highest BCUT2D eigenvalue weighted by Crippen LogP contribution is 2.24. The van der Waals surface area contributed by atoms with Crippen molar-refractivity contribution in [1.29, 1.82) is 0 Å². The van der Waals surface area contributed by atoms with Crippen molar-refractivity contribution < 1.29 is 9.21 Å². The maximum Gasteiger partial charge on any atom is 0.247 e. The van der Waals surface area contributed by atoms with Crippen LogP contribution in [0.15, 0.2) is 52.9 Å². The standard InChI is InChI=1S/C24H29N5O2/c1-3-28-13-15-29(16-14-28)20-9-10-21(18(2)17-20)25-22(30)11-12-23-26-27-24(31-23)19-7-5-4-6-8-19/h4-10,17H,3,11-16H2,1-2H3,(H,25,30). The Bertz CT molecular complexity index is 1010. The third-order valence-corrected chi connectivity index (χ3v) is 5.72. The Morgan fingerprint density at radius 2 is 1.84 bits per heavy atom. The third-order valence-electron chi connectivity index (χ3n) is 5.72. The van der Waals surface area contributed by atoms with E-state index in [0.717, 1.165) is 49.5 Å². The number of hydrogen-bond donors (Lipinski definition) is 1. The lowest BCUT2D eigenvalue weighted by Crippen LogP contribution is -2.46. The predicted molar refractivity (Wildman–Crippen MR) is 122 cm³/mol. The first-order chi connectivity index (χ1) is 15.1. The van der Waals surface area contributed by atoms with Crippen LogP contribution in [0, 0.1) is 6.92 Å². The van der Waals surface area contributed by atoms with Crippen LogP contribution in [0.2, 0.25) is 0 Å². The summed E-state index contributed by atoms with van der Waals surface area (Å²) in [5.41, 5.74) is 3.99. The maximum atomic E-state index is 12.5. The number of aryl methyl sites for hydroxylation is 2. The fourth-order valence-electron chi connectivity index (χ4n) is 3.79. The van der Waals surface area contributed by atoms with Gasteiger partial charge >= 0.3 is 0 Å². The van der Waals surface area contributed by atoms with Gasteiger partial charge in [0.1, 0.15) is 0 Å². The summed E-state index contributed by atoms with van der Waals surface area (Å²) >= 11 is 0. The molecule has 3 aromatic rings. The molecule has 31 heavy (non-hydrogen) atoms. The van der Waals surface area contributed by atoms with Crippen LogP contribution in [0.4, 0.5) is 11.4 Å². The normalized spacial score (nSPS) is 14.6. The lowest BCUT2D eigenvalue weighted by Gasteiger charge is -2.35. The van der Waals surface area contributed by atoms with E-state index in [-0.39, 0.29) is 12.3 Å². The number of anilines is 2. The van der Waals surface area contributed by atoms with Gasteiger partial charge in [0.05, 0.1) is 0 Å². The van der Waals surface area contributed by atoms with Crippen molar-refractivity contribution >= 4 is 17.3 Å². The molecule has 0 bridgehead atoms. The number of benzene rings is 2. The van der Waals surface area contributed by atoms with Gasteiger partial charge in [-0.05, 0) is 49.4 Å². The van der Waals surface area contributed by atoms with Gasteiger partial charge < -0.3 is 19.5 Å². The van der Waals surface area contributed by atoms with Gasteiger partial charge in [-0.1, -0.05) is 25.1 Å². The number of piperazine rings is 1. The Morgan fingerprint density at radius 3 is 2.55 bits per heavy atom. The molecule has 1 amide bonds. The van der Waals surface area contributed by atoms with Gasteiger partial charge in [0, 0.05) is 56.0 Å². The fourth-order valence-corrected chi connectivity index (χ4v) is 3.79. The summed E-state index contributed by atoms with van der Waals surface area (Å²) in [5.74, 6) is 0.876. The van der Waals surface area contributed by atoms with Gasteiger partial charge in [0.15, 0.2) is 0 Å². The SMILES string of the molecule is CCN1CCN(c2ccc(NC(=O)CCc3nnc(-c4ccccc4)o3)c(C)c2)CC1. The second-order valence-electron chi connectivity index (χ2n) is 7.84. The second-order valence-corrected chi connectivity index (χ2v) is 7.84. The Kier molecular flexibility index (Phi) is 6.62. The summed E-state index contributed by atoms with van der Waals surface area (Å²) in [5, 5.41) is 11.1. The van der Waals surface area contributed by atoms with Crippen molar-refractivity contribution in [1.82, 2.24) is 15.1 Å². The number of nitrogens with one attached hydrogen (secondary N) is 1. The fraction of sp³-hybridized carbons (Fsp3) is 0.375. The van der Waals surface area contributed by atoms with E-state index in [4.69, 9.17) is 4.42 Å². The average Bonchev–Trinajstić information content (AvgIpc) is 3.29. The van der Waals surface area contributed by atoms with E-state index >= 15 is 0 Å². The van der Waals surface area contributed by atoms with Gasteiger partial charge in [-0.15, -0.1) is 10.2 Å². The molecule has 0 spiro atoms. The number of nitrogens with zero attached hydrogens (tertiary/aromatic N) is 4. The average molecular weight is 420 g/mol. The predicted octanol–water partition coefficient (Wildman–Crippen LogP) is 3.76. The molecular formula is C24H29N5O2. The van der Waals surface area contributed by atoms with E-state index in [2.05, 4.69) is 44.4 Å². The van der Waals surface area contributed by atoms with Gasteiger partial charge in [-0.25, -0.2) is 0 Å². The van der Waals surface area contributed by atoms with Crippen LogP contribution >= 0.6 is 0 Å². The van der Waals surface area contributed by atoms with Crippen molar-refractivity contribution in [3.63, 3.8) is 0 Å². The van der Waals surface area contributed by atoms with Crippen molar-refractivity contribution in [3.05, 3.63) is 60.0 Å². The van der Waals surface area contributed by atoms with Crippen LogP contribution in [0.5, 0.6) is 0 Å². The van der Waals surface area contributed by atoms with Crippen molar-refractivity contribution in [2.24, 2.45) is 0 Å². The number of hydrogen-bond acceptors (Lipinski definition) is 6. The summed E-state index contributed by atoms with van der Waals surface area (Å²) < 4.78 is 5.68. The molecule has 0 unspecified atom stereocenters. The highest BCUT2D eigenvalue weighted by Gasteiger charge is 2.17. The minimum atomic E-state index is -0.0631. The number of carbonyl (C=O) groups is 1. The summed E-state index contributed by atoms with van der Waals surface area (Å²) in [6.45, 7) is 9.60. The number of aromatic nitrogens is 2. The molecule has 2 heterocycles. The summed E-state index contributed by atoms with van der Waals surface area (Å²) in [6.07, 6.45) is 0.696. The molecule has 2 aromatic carbocycles. The summed E-state index contributed by atoms with van der Waals surface area (Å²) in [4.78, 5) is 17.3. The largest absolute Gasteiger partial charge is 0.421 e. The zero-order valence-corrected chi connectivity index (χ0v) is 18.2. The molecule has 0 radical (unpaired) electrons. The molecule has 4 rings (SSSR count). The van der Waals surface area contributed by atoms with Crippen LogP contribution in [-0.2, 0) is 11.2 Å². The van der Waals surface area contributed by atoms with Crippen LogP contribution < -0.4 is 10.2 Å². The number of amides is 1. The molecule has 0 atom stereocenters. The molecule has 0 aliphatic carbocycles. The van der Waals surface area contributed by atoms with Crippen molar-refractivity contribution in [3.8, 4) is 11.5 Å². The van der Waals surface area contributed by atoms with Gasteiger partial charge in [-0.3, -0.25) is 4.79 Å². The first-order valence-electron chi connectivity index (χ1n) is 10.9. The first kappa shape index (κ1) is 21.1. The van der Waals surface area contributed by atoms with E-state index in [1.54, 1.807) is 0 Å². The van der Waals surface area contributed by atoms with Gasteiger partial charge in [-0.2, -0.15) is 0 Å². The summed E-state index contributed by atoms with van der Waals surface area (Å²) in [6, 6.07) is 15.9. The van der Waals surface area contributed by atoms with Gasteiger partial charge in [0.2, 0.25) is 17.7 Å². The maximum absolute atomic E-state index is 12.5.